The standard InChI is InChI=1S/C13H13Cl2NS/c1-8-3-2-4-10(13(8)15)11(16)7-9-5-6-12(14)17-9/h2-6,11H,7,16H2,1H3. The van der Waals surface area contributed by atoms with Gasteiger partial charge >= 0.3 is 0 Å². The number of thiophene rings is 1. The summed E-state index contributed by atoms with van der Waals surface area (Å²) in [6.45, 7) is 1.99. The molecular formula is C13H13Cl2NS. The van der Waals surface area contributed by atoms with Crippen molar-refractivity contribution in [2.24, 2.45) is 5.73 Å². The minimum atomic E-state index is -0.0860. The van der Waals surface area contributed by atoms with E-state index >= 15 is 0 Å². The van der Waals surface area contributed by atoms with Crippen LogP contribution in [0.3, 0.4) is 0 Å². The van der Waals surface area contributed by atoms with Crippen LogP contribution in [-0.4, -0.2) is 0 Å². The van der Waals surface area contributed by atoms with E-state index < -0.39 is 0 Å². The second kappa shape index (κ2) is 5.40. The molecule has 1 aromatic heterocycles. The Bertz CT molecular complexity index is 522. The number of halogens is 2. The maximum atomic E-state index is 6.26. The first kappa shape index (κ1) is 12.9. The molecule has 1 heterocycles. The number of benzene rings is 1. The van der Waals surface area contributed by atoms with Gasteiger partial charge in [0.05, 0.1) is 4.34 Å². The van der Waals surface area contributed by atoms with E-state index in [1.54, 1.807) is 11.3 Å². The molecule has 1 aromatic carbocycles. The molecule has 0 spiro atoms. The highest BCUT2D eigenvalue weighted by Crippen LogP contribution is 2.29. The van der Waals surface area contributed by atoms with Crippen LogP contribution in [0.15, 0.2) is 30.3 Å². The van der Waals surface area contributed by atoms with E-state index in [9.17, 15) is 0 Å². The molecule has 90 valence electrons. The maximum absolute atomic E-state index is 6.26. The van der Waals surface area contributed by atoms with Gasteiger partial charge in [-0.2, -0.15) is 0 Å². The monoisotopic (exact) mass is 285 g/mol. The molecule has 0 bridgehead atoms. The molecule has 2 rings (SSSR count). The van der Waals surface area contributed by atoms with Crippen molar-refractivity contribution in [3.63, 3.8) is 0 Å². The Hall–Kier alpha value is -0.540. The average Bonchev–Trinajstić information content (AvgIpc) is 2.68. The zero-order chi connectivity index (χ0) is 12.4. The third-order valence-corrected chi connectivity index (χ3v) is 4.44. The Labute approximate surface area is 115 Å². The molecule has 0 fully saturated rings. The van der Waals surface area contributed by atoms with E-state index in [4.69, 9.17) is 28.9 Å². The van der Waals surface area contributed by atoms with Gasteiger partial charge in [0.1, 0.15) is 0 Å². The van der Waals surface area contributed by atoms with Gasteiger partial charge in [-0.05, 0) is 30.2 Å². The summed E-state index contributed by atoms with van der Waals surface area (Å²) < 4.78 is 0.794. The van der Waals surface area contributed by atoms with Gasteiger partial charge in [0.2, 0.25) is 0 Å². The number of aryl methyl sites for hydroxylation is 1. The summed E-state index contributed by atoms with van der Waals surface area (Å²) in [5.41, 5.74) is 8.24. The molecule has 1 atom stereocenters. The van der Waals surface area contributed by atoms with Gasteiger partial charge in [-0.3, -0.25) is 0 Å². The third kappa shape index (κ3) is 3.02. The quantitative estimate of drug-likeness (QED) is 0.876. The fourth-order valence-corrected chi connectivity index (χ4v) is 3.16. The summed E-state index contributed by atoms with van der Waals surface area (Å²) in [5.74, 6) is 0. The van der Waals surface area contributed by atoms with Crippen molar-refractivity contribution in [2.75, 3.05) is 0 Å². The van der Waals surface area contributed by atoms with Crippen molar-refractivity contribution >= 4 is 34.5 Å². The number of hydrogen-bond acceptors (Lipinski definition) is 2. The Morgan fingerprint density at radius 2 is 2.00 bits per heavy atom. The number of hydrogen-bond donors (Lipinski definition) is 1. The van der Waals surface area contributed by atoms with E-state index in [0.717, 1.165) is 26.9 Å². The van der Waals surface area contributed by atoms with Crippen molar-refractivity contribution in [3.05, 3.63) is 55.7 Å². The molecule has 1 nitrogen and oxygen atoms in total. The summed E-state index contributed by atoms with van der Waals surface area (Å²) in [5, 5.41) is 0.766. The maximum Gasteiger partial charge on any atom is 0.0931 e. The third-order valence-electron chi connectivity index (χ3n) is 2.67. The highest BCUT2D eigenvalue weighted by Gasteiger charge is 2.13. The van der Waals surface area contributed by atoms with Crippen molar-refractivity contribution in [2.45, 2.75) is 19.4 Å². The molecule has 4 heteroatoms. The Balaban J connectivity index is 2.20. The number of rotatable bonds is 3. The second-order valence-corrected chi connectivity index (χ2v) is 6.17. The lowest BCUT2D eigenvalue weighted by atomic mass is 10.0. The van der Waals surface area contributed by atoms with Gasteiger partial charge in [-0.25, -0.2) is 0 Å². The van der Waals surface area contributed by atoms with Crippen molar-refractivity contribution in [1.82, 2.24) is 0 Å². The van der Waals surface area contributed by atoms with Gasteiger partial charge < -0.3 is 5.73 Å². The largest absolute Gasteiger partial charge is 0.324 e. The smallest absolute Gasteiger partial charge is 0.0931 e. The van der Waals surface area contributed by atoms with Gasteiger partial charge in [0, 0.05) is 22.4 Å². The Morgan fingerprint density at radius 3 is 2.65 bits per heavy atom. The highest BCUT2D eigenvalue weighted by molar-refractivity contribution is 7.16. The lowest BCUT2D eigenvalue weighted by Gasteiger charge is -2.14. The SMILES string of the molecule is Cc1cccc(C(N)Cc2ccc(Cl)s2)c1Cl. The minimum absolute atomic E-state index is 0.0860. The lowest BCUT2D eigenvalue weighted by Crippen LogP contribution is -2.13. The van der Waals surface area contributed by atoms with E-state index in [-0.39, 0.29) is 6.04 Å². The molecule has 0 amide bonds. The molecule has 2 N–H and O–H groups in total. The van der Waals surface area contributed by atoms with Crippen LogP contribution in [-0.2, 0) is 6.42 Å². The van der Waals surface area contributed by atoms with Crippen LogP contribution in [0.25, 0.3) is 0 Å². The average molecular weight is 286 g/mol. The molecule has 0 radical (unpaired) electrons. The van der Waals surface area contributed by atoms with E-state index in [1.165, 1.54) is 4.88 Å². The molecule has 0 saturated carbocycles. The molecule has 2 aromatic rings. The molecule has 0 aliphatic carbocycles. The van der Waals surface area contributed by atoms with E-state index in [0.29, 0.717) is 0 Å². The van der Waals surface area contributed by atoms with Crippen LogP contribution in [0.4, 0.5) is 0 Å². The Kier molecular flexibility index (Phi) is 4.10. The minimum Gasteiger partial charge on any atom is -0.324 e. The lowest BCUT2D eigenvalue weighted by molar-refractivity contribution is 0.729. The summed E-state index contributed by atoms with van der Waals surface area (Å²) in [6, 6.07) is 9.77. The zero-order valence-corrected chi connectivity index (χ0v) is 11.7. The second-order valence-electron chi connectivity index (χ2n) is 3.99. The molecule has 0 aliphatic rings. The van der Waals surface area contributed by atoms with Gasteiger partial charge in [0.15, 0.2) is 0 Å². The number of nitrogens with two attached hydrogens (primary N) is 1. The van der Waals surface area contributed by atoms with Gasteiger partial charge in [-0.15, -0.1) is 11.3 Å². The predicted molar refractivity (Wildman–Crippen MR) is 76.2 cm³/mol. The molecular weight excluding hydrogens is 273 g/mol. The zero-order valence-electron chi connectivity index (χ0n) is 9.41. The van der Waals surface area contributed by atoms with Crippen LogP contribution in [0.5, 0.6) is 0 Å². The summed E-state index contributed by atoms with van der Waals surface area (Å²) in [6.07, 6.45) is 0.764. The highest BCUT2D eigenvalue weighted by atomic mass is 35.5. The predicted octanol–water partition coefficient (Wildman–Crippen LogP) is 4.61. The van der Waals surface area contributed by atoms with Crippen LogP contribution >= 0.6 is 34.5 Å². The molecule has 1 unspecified atom stereocenters. The van der Waals surface area contributed by atoms with Crippen LogP contribution in [0, 0.1) is 6.92 Å². The van der Waals surface area contributed by atoms with Crippen molar-refractivity contribution < 1.29 is 0 Å². The normalized spacial score (nSPS) is 12.7. The van der Waals surface area contributed by atoms with Crippen LogP contribution in [0.2, 0.25) is 9.36 Å². The molecule has 0 saturated heterocycles. The molecule has 0 aliphatic heterocycles. The fraction of sp³-hybridized carbons (Fsp3) is 0.231. The van der Waals surface area contributed by atoms with E-state index in [1.807, 2.05) is 37.3 Å². The van der Waals surface area contributed by atoms with Crippen molar-refractivity contribution in [1.29, 1.82) is 0 Å². The van der Waals surface area contributed by atoms with Crippen molar-refractivity contribution in [3.8, 4) is 0 Å². The Morgan fingerprint density at radius 1 is 1.24 bits per heavy atom. The van der Waals surface area contributed by atoms with E-state index in [2.05, 4.69) is 0 Å². The first-order valence-electron chi connectivity index (χ1n) is 5.32. The summed E-state index contributed by atoms with van der Waals surface area (Å²) in [7, 11) is 0. The topological polar surface area (TPSA) is 26.0 Å². The van der Waals surface area contributed by atoms with Crippen LogP contribution in [0.1, 0.15) is 22.0 Å². The van der Waals surface area contributed by atoms with Gasteiger partial charge in [-0.1, -0.05) is 41.4 Å². The van der Waals surface area contributed by atoms with Gasteiger partial charge in [0.25, 0.3) is 0 Å². The summed E-state index contributed by atoms with van der Waals surface area (Å²) in [4.78, 5) is 1.18. The fourth-order valence-electron chi connectivity index (χ4n) is 1.74. The molecule has 17 heavy (non-hydrogen) atoms. The first-order valence-corrected chi connectivity index (χ1v) is 6.90. The van der Waals surface area contributed by atoms with Crippen LogP contribution < -0.4 is 5.73 Å². The first-order chi connectivity index (χ1) is 8.08. The summed E-state index contributed by atoms with van der Waals surface area (Å²) >= 11 is 13.7.